The highest BCUT2D eigenvalue weighted by Gasteiger charge is 2.26. The van der Waals surface area contributed by atoms with Gasteiger partial charge in [-0.2, -0.15) is 0 Å². The van der Waals surface area contributed by atoms with Crippen LogP contribution in [0.3, 0.4) is 0 Å². The van der Waals surface area contributed by atoms with E-state index in [4.69, 9.17) is 14.2 Å². The van der Waals surface area contributed by atoms with Crippen LogP contribution in [0.4, 0.5) is 0 Å². The molecule has 0 bridgehead atoms. The van der Waals surface area contributed by atoms with E-state index in [1.165, 1.54) is 0 Å². The molecule has 2 aromatic rings. The fourth-order valence-corrected chi connectivity index (χ4v) is 2.91. The molecule has 0 saturated carbocycles. The van der Waals surface area contributed by atoms with Crippen LogP contribution in [0.25, 0.3) is 0 Å². The molecule has 0 aromatic heterocycles. The zero-order chi connectivity index (χ0) is 17.1. The van der Waals surface area contributed by atoms with E-state index in [-0.39, 0.29) is 18.6 Å². The average Bonchev–Trinajstić information content (AvgIpc) is 2.79. The second-order valence-corrected chi connectivity index (χ2v) is 5.71. The fraction of sp³-hybridized carbons (Fsp3) is 0.316. The highest BCUT2D eigenvalue weighted by molar-refractivity contribution is 5.79. The molecule has 1 heterocycles. The van der Waals surface area contributed by atoms with Gasteiger partial charge in [-0.3, -0.25) is 4.79 Å². The average molecular weight is 327 g/mol. The van der Waals surface area contributed by atoms with Crippen LogP contribution >= 0.6 is 0 Å². The predicted molar refractivity (Wildman–Crippen MR) is 90.4 cm³/mol. The van der Waals surface area contributed by atoms with E-state index in [0.29, 0.717) is 18.0 Å². The van der Waals surface area contributed by atoms with Crippen molar-refractivity contribution < 1.29 is 19.0 Å². The number of ether oxygens (including phenoxy) is 3. The molecule has 1 aliphatic rings. The van der Waals surface area contributed by atoms with Crippen molar-refractivity contribution >= 4 is 5.91 Å². The molecule has 0 saturated heterocycles. The van der Waals surface area contributed by atoms with E-state index in [1.54, 1.807) is 14.2 Å². The van der Waals surface area contributed by atoms with Crippen molar-refractivity contribution in [2.45, 2.75) is 19.5 Å². The van der Waals surface area contributed by atoms with Gasteiger partial charge in [-0.05, 0) is 30.7 Å². The van der Waals surface area contributed by atoms with Gasteiger partial charge in [0, 0.05) is 5.56 Å². The summed E-state index contributed by atoms with van der Waals surface area (Å²) in [4.78, 5) is 14.3. The van der Waals surface area contributed by atoms with Crippen LogP contribution in [0.2, 0.25) is 0 Å². The van der Waals surface area contributed by atoms with Gasteiger partial charge in [0.15, 0.2) is 18.1 Å². The molecule has 0 radical (unpaired) electrons. The lowest BCUT2D eigenvalue weighted by molar-refractivity contribution is -0.135. The number of benzene rings is 2. The van der Waals surface area contributed by atoms with Gasteiger partial charge in [0.25, 0.3) is 5.91 Å². The summed E-state index contributed by atoms with van der Waals surface area (Å²) in [5.74, 6) is 2.06. The molecule has 1 aliphatic heterocycles. The smallest absolute Gasteiger partial charge is 0.261 e. The number of rotatable bonds is 4. The van der Waals surface area contributed by atoms with Crippen LogP contribution in [0.15, 0.2) is 42.5 Å². The zero-order valence-electron chi connectivity index (χ0n) is 14.1. The maximum Gasteiger partial charge on any atom is 0.261 e. The number of para-hydroxylation sites is 1. The Balaban J connectivity index is 1.91. The molecule has 1 amide bonds. The van der Waals surface area contributed by atoms with Crippen LogP contribution in [0, 0.1) is 0 Å². The highest BCUT2D eigenvalue weighted by atomic mass is 16.5. The van der Waals surface area contributed by atoms with Gasteiger partial charge in [-0.15, -0.1) is 0 Å². The van der Waals surface area contributed by atoms with Gasteiger partial charge in [-0.1, -0.05) is 24.3 Å². The second-order valence-electron chi connectivity index (χ2n) is 5.71. The van der Waals surface area contributed by atoms with Crippen LogP contribution < -0.4 is 14.2 Å². The number of carbonyl (C=O) groups excluding carboxylic acids is 1. The van der Waals surface area contributed by atoms with Crippen molar-refractivity contribution in [3.63, 3.8) is 0 Å². The fourth-order valence-electron chi connectivity index (χ4n) is 2.91. The molecule has 24 heavy (non-hydrogen) atoms. The van der Waals surface area contributed by atoms with Gasteiger partial charge in [0.05, 0.1) is 26.8 Å². The largest absolute Gasteiger partial charge is 0.493 e. The minimum Gasteiger partial charge on any atom is -0.493 e. The Hall–Kier alpha value is -2.69. The number of amides is 1. The molecule has 0 spiro atoms. The maximum absolute atomic E-state index is 12.5. The lowest BCUT2D eigenvalue weighted by atomic mass is 10.0. The zero-order valence-corrected chi connectivity index (χ0v) is 14.1. The third-order valence-electron chi connectivity index (χ3n) is 4.34. The second kappa shape index (κ2) is 6.83. The van der Waals surface area contributed by atoms with Crippen molar-refractivity contribution in [2.75, 3.05) is 20.8 Å². The lowest BCUT2D eigenvalue weighted by Gasteiger charge is -2.28. The standard InChI is InChI=1S/C19H21NO4/c1-13(14-8-9-17(22-2)18(10-14)23-3)20-11-15-6-4-5-7-16(15)24-12-19(20)21/h4-10,13H,11-12H2,1-3H3/t13-/m1/s1. The summed E-state index contributed by atoms with van der Waals surface area (Å²) in [5.41, 5.74) is 2.00. The molecule has 126 valence electrons. The van der Waals surface area contributed by atoms with Crippen molar-refractivity contribution in [3.8, 4) is 17.2 Å². The normalized spacial score (nSPS) is 15.1. The molecule has 5 heteroatoms. The molecule has 0 fully saturated rings. The number of carbonyl (C=O) groups is 1. The molecule has 0 unspecified atom stereocenters. The Labute approximate surface area is 141 Å². The van der Waals surface area contributed by atoms with Crippen molar-refractivity contribution in [3.05, 3.63) is 53.6 Å². The quantitative estimate of drug-likeness (QED) is 0.865. The minimum atomic E-state index is -0.105. The Morgan fingerprint density at radius 1 is 1.08 bits per heavy atom. The summed E-state index contributed by atoms with van der Waals surface area (Å²) in [7, 11) is 3.21. The Morgan fingerprint density at radius 3 is 2.58 bits per heavy atom. The van der Waals surface area contributed by atoms with Gasteiger partial charge < -0.3 is 19.1 Å². The summed E-state index contributed by atoms with van der Waals surface area (Å²) in [6.07, 6.45) is 0. The summed E-state index contributed by atoms with van der Waals surface area (Å²) < 4.78 is 16.3. The van der Waals surface area contributed by atoms with E-state index >= 15 is 0 Å². The molecule has 1 atom stereocenters. The molecule has 5 nitrogen and oxygen atoms in total. The maximum atomic E-state index is 12.5. The number of methoxy groups -OCH3 is 2. The van der Waals surface area contributed by atoms with Crippen molar-refractivity contribution in [2.24, 2.45) is 0 Å². The van der Waals surface area contributed by atoms with Crippen molar-refractivity contribution in [1.82, 2.24) is 4.90 Å². The van der Waals surface area contributed by atoms with E-state index < -0.39 is 0 Å². The Bertz CT molecular complexity index is 744. The third-order valence-corrected chi connectivity index (χ3v) is 4.34. The van der Waals surface area contributed by atoms with E-state index in [0.717, 1.165) is 16.9 Å². The van der Waals surface area contributed by atoms with Crippen LogP contribution in [0.1, 0.15) is 24.1 Å². The number of nitrogens with zero attached hydrogens (tertiary/aromatic N) is 1. The van der Waals surface area contributed by atoms with E-state index in [2.05, 4.69) is 0 Å². The van der Waals surface area contributed by atoms with Gasteiger partial charge in [-0.25, -0.2) is 0 Å². The first kappa shape index (κ1) is 16.2. The van der Waals surface area contributed by atoms with Crippen molar-refractivity contribution in [1.29, 1.82) is 0 Å². The van der Waals surface area contributed by atoms with Gasteiger partial charge >= 0.3 is 0 Å². The number of hydrogen-bond donors (Lipinski definition) is 0. The van der Waals surface area contributed by atoms with E-state index in [1.807, 2.05) is 54.3 Å². The monoisotopic (exact) mass is 327 g/mol. The molecule has 0 aliphatic carbocycles. The van der Waals surface area contributed by atoms with E-state index in [9.17, 15) is 4.79 Å². The van der Waals surface area contributed by atoms with Crippen LogP contribution in [-0.2, 0) is 11.3 Å². The number of hydrogen-bond acceptors (Lipinski definition) is 4. The molecular formula is C19H21NO4. The third kappa shape index (κ3) is 3.02. The molecule has 3 rings (SSSR count). The number of fused-ring (bicyclic) bond motifs is 1. The van der Waals surface area contributed by atoms with Crippen LogP contribution in [-0.4, -0.2) is 31.6 Å². The Morgan fingerprint density at radius 2 is 1.83 bits per heavy atom. The molecular weight excluding hydrogens is 306 g/mol. The minimum absolute atomic E-state index is 0.0338. The predicted octanol–water partition coefficient (Wildman–Crippen LogP) is 3.19. The highest BCUT2D eigenvalue weighted by Crippen LogP contribution is 2.34. The lowest BCUT2D eigenvalue weighted by Crippen LogP contribution is -2.34. The topological polar surface area (TPSA) is 48.0 Å². The summed E-state index contributed by atoms with van der Waals surface area (Å²) in [5, 5.41) is 0. The summed E-state index contributed by atoms with van der Waals surface area (Å²) in [6.45, 7) is 2.58. The first-order valence-corrected chi connectivity index (χ1v) is 7.86. The SMILES string of the molecule is COc1ccc([C@@H](C)N2Cc3ccccc3OCC2=O)cc1OC. The van der Waals surface area contributed by atoms with Crippen LogP contribution in [0.5, 0.6) is 17.2 Å². The van der Waals surface area contributed by atoms with Gasteiger partial charge in [0.1, 0.15) is 5.75 Å². The molecule has 2 aromatic carbocycles. The summed E-state index contributed by atoms with van der Waals surface area (Å²) in [6, 6.07) is 13.4. The first-order chi connectivity index (χ1) is 11.6. The first-order valence-electron chi connectivity index (χ1n) is 7.86. The summed E-state index contributed by atoms with van der Waals surface area (Å²) >= 11 is 0. The van der Waals surface area contributed by atoms with Gasteiger partial charge in [0.2, 0.25) is 0 Å². The Kier molecular flexibility index (Phi) is 4.60. The molecule has 0 N–H and O–H groups in total.